The highest BCUT2D eigenvalue weighted by Crippen LogP contribution is 2.31. The number of nitrogens with zero attached hydrogens (tertiary/aromatic N) is 4. The van der Waals surface area contributed by atoms with Gasteiger partial charge in [-0.15, -0.1) is 0 Å². The van der Waals surface area contributed by atoms with E-state index in [2.05, 4.69) is 31.9 Å². The summed E-state index contributed by atoms with van der Waals surface area (Å²) in [5.41, 5.74) is 1.27. The van der Waals surface area contributed by atoms with Crippen molar-refractivity contribution >= 4 is 5.82 Å². The van der Waals surface area contributed by atoms with Crippen molar-refractivity contribution in [3.8, 4) is 11.5 Å². The summed E-state index contributed by atoms with van der Waals surface area (Å²) in [6.07, 6.45) is 5.29. The first-order valence-corrected chi connectivity index (χ1v) is 8.00. The van der Waals surface area contributed by atoms with E-state index in [4.69, 9.17) is 9.47 Å². The van der Waals surface area contributed by atoms with Crippen LogP contribution in [0.5, 0.6) is 11.5 Å². The Hall–Kier alpha value is -2.34. The van der Waals surface area contributed by atoms with E-state index in [9.17, 15) is 0 Å². The molecule has 0 N–H and O–H groups in total. The maximum absolute atomic E-state index is 5.66. The molecule has 0 bridgehead atoms. The van der Waals surface area contributed by atoms with E-state index in [-0.39, 0.29) is 0 Å². The van der Waals surface area contributed by atoms with Crippen molar-refractivity contribution in [1.82, 2.24) is 14.9 Å². The molecule has 1 aromatic heterocycles. The standard InChI is InChI=1S/C17H20N4O2/c1-2-15-16(23-10-9-22-15)11-14(1)13-20-5-7-21(8-6-20)17-12-18-3-4-19-17/h1-4,11-12H,5-10,13H2. The Labute approximate surface area is 135 Å². The van der Waals surface area contributed by atoms with Gasteiger partial charge < -0.3 is 14.4 Å². The maximum atomic E-state index is 5.66. The van der Waals surface area contributed by atoms with Crippen LogP contribution >= 0.6 is 0 Å². The molecular formula is C17H20N4O2. The van der Waals surface area contributed by atoms with Gasteiger partial charge in [-0.2, -0.15) is 0 Å². The van der Waals surface area contributed by atoms with Crippen LogP contribution in [0.4, 0.5) is 5.82 Å². The molecule has 2 aliphatic rings. The molecule has 0 spiro atoms. The third-order valence-electron chi connectivity index (χ3n) is 4.26. The summed E-state index contributed by atoms with van der Waals surface area (Å²) in [4.78, 5) is 13.3. The molecule has 2 aliphatic heterocycles. The van der Waals surface area contributed by atoms with E-state index in [0.29, 0.717) is 13.2 Å². The van der Waals surface area contributed by atoms with E-state index in [0.717, 1.165) is 50.0 Å². The molecule has 0 aliphatic carbocycles. The minimum absolute atomic E-state index is 0.632. The topological polar surface area (TPSA) is 50.7 Å². The number of aromatic nitrogens is 2. The number of hydrogen-bond acceptors (Lipinski definition) is 6. The van der Waals surface area contributed by atoms with Crippen LogP contribution in [-0.4, -0.2) is 54.3 Å². The minimum atomic E-state index is 0.632. The summed E-state index contributed by atoms with van der Waals surface area (Å²) in [5.74, 6) is 2.69. The van der Waals surface area contributed by atoms with Crippen LogP contribution in [0.3, 0.4) is 0 Å². The fourth-order valence-corrected chi connectivity index (χ4v) is 3.03. The Bertz CT molecular complexity index is 657. The fourth-order valence-electron chi connectivity index (χ4n) is 3.03. The summed E-state index contributed by atoms with van der Waals surface area (Å²) < 4.78 is 11.2. The van der Waals surface area contributed by atoms with Crippen LogP contribution in [0.2, 0.25) is 0 Å². The van der Waals surface area contributed by atoms with Gasteiger partial charge >= 0.3 is 0 Å². The van der Waals surface area contributed by atoms with E-state index in [1.54, 1.807) is 12.4 Å². The van der Waals surface area contributed by atoms with Crippen LogP contribution in [-0.2, 0) is 6.54 Å². The second kappa shape index (κ2) is 6.42. The van der Waals surface area contributed by atoms with Gasteiger partial charge in [0.2, 0.25) is 0 Å². The second-order valence-electron chi connectivity index (χ2n) is 5.80. The number of ether oxygens (including phenoxy) is 2. The van der Waals surface area contributed by atoms with Crippen molar-refractivity contribution in [3.05, 3.63) is 42.4 Å². The first-order chi connectivity index (χ1) is 11.4. The van der Waals surface area contributed by atoms with Crippen LogP contribution < -0.4 is 14.4 Å². The molecule has 6 nitrogen and oxygen atoms in total. The highest BCUT2D eigenvalue weighted by molar-refractivity contribution is 5.44. The van der Waals surface area contributed by atoms with Crippen molar-refractivity contribution < 1.29 is 9.47 Å². The Morgan fingerprint density at radius 3 is 2.57 bits per heavy atom. The van der Waals surface area contributed by atoms with E-state index in [1.807, 2.05) is 12.3 Å². The Balaban J connectivity index is 1.36. The SMILES string of the molecule is c1cnc(N2CCN(Cc3ccc4c(c3)OCCO4)CC2)cn1. The van der Waals surface area contributed by atoms with Crippen molar-refractivity contribution in [2.75, 3.05) is 44.3 Å². The Kier molecular flexibility index (Phi) is 3.98. The molecule has 4 rings (SSSR count). The van der Waals surface area contributed by atoms with Crippen molar-refractivity contribution in [2.24, 2.45) is 0 Å². The van der Waals surface area contributed by atoms with E-state index in [1.165, 1.54) is 5.56 Å². The first kappa shape index (κ1) is 14.3. The molecule has 0 saturated carbocycles. The van der Waals surface area contributed by atoms with Crippen LogP contribution in [0.25, 0.3) is 0 Å². The molecule has 1 saturated heterocycles. The zero-order valence-corrected chi connectivity index (χ0v) is 13.0. The number of fused-ring (bicyclic) bond motifs is 1. The Morgan fingerprint density at radius 1 is 0.957 bits per heavy atom. The minimum Gasteiger partial charge on any atom is -0.486 e. The highest BCUT2D eigenvalue weighted by Gasteiger charge is 2.19. The van der Waals surface area contributed by atoms with Crippen molar-refractivity contribution in [1.29, 1.82) is 0 Å². The van der Waals surface area contributed by atoms with Gasteiger partial charge in [-0.05, 0) is 17.7 Å². The largest absolute Gasteiger partial charge is 0.486 e. The predicted molar refractivity (Wildman–Crippen MR) is 87.0 cm³/mol. The van der Waals surface area contributed by atoms with Gasteiger partial charge in [0.15, 0.2) is 11.5 Å². The molecule has 120 valence electrons. The lowest BCUT2D eigenvalue weighted by Gasteiger charge is -2.35. The Morgan fingerprint density at radius 2 is 1.78 bits per heavy atom. The van der Waals surface area contributed by atoms with E-state index >= 15 is 0 Å². The summed E-state index contributed by atoms with van der Waals surface area (Å²) in [5, 5.41) is 0. The third-order valence-corrected chi connectivity index (χ3v) is 4.26. The highest BCUT2D eigenvalue weighted by atomic mass is 16.6. The van der Waals surface area contributed by atoms with Gasteiger partial charge in [-0.1, -0.05) is 6.07 Å². The second-order valence-corrected chi connectivity index (χ2v) is 5.80. The number of benzene rings is 1. The third kappa shape index (κ3) is 3.22. The summed E-state index contributed by atoms with van der Waals surface area (Å²) in [6, 6.07) is 6.24. The molecule has 0 atom stereocenters. The average Bonchev–Trinajstić information content (AvgIpc) is 2.63. The molecule has 1 fully saturated rings. The number of rotatable bonds is 3. The molecule has 2 aromatic rings. The molecule has 6 heteroatoms. The number of anilines is 1. The molecule has 0 radical (unpaired) electrons. The smallest absolute Gasteiger partial charge is 0.161 e. The van der Waals surface area contributed by atoms with Crippen LogP contribution in [0.1, 0.15) is 5.56 Å². The van der Waals surface area contributed by atoms with Gasteiger partial charge in [0.05, 0.1) is 6.20 Å². The van der Waals surface area contributed by atoms with Crippen molar-refractivity contribution in [3.63, 3.8) is 0 Å². The summed E-state index contributed by atoms with van der Waals surface area (Å²) in [7, 11) is 0. The molecule has 23 heavy (non-hydrogen) atoms. The van der Waals surface area contributed by atoms with Crippen LogP contribution in [0, 0.1) is 0 Å². The molecular weight excluding hydrogens is 292 g/mol. The maximum Gasteiger partial charge on any atom is 0.161 e. The quantitative estimate of drug-likeness (QED) is 0.857. The van der Waals surface area contributed by atoms with E-state index < -0.39 is 0 Å². The van der Waals surface area contributed by atoms with Gasteiger partial charge in [0.25, 0.3) is 0 Å². The summed E-state index contributed by atoms with van der Waals surface area (Å²) in [6.45, 7) is 6.19. The molecule has 0 unspecified atom stereocenters. The zero-order valence-electron chi connectivity index (χ0n) is 13.0. The lowest BCUT2D eigenvalue weighted by atomic mass is 10.1. The first-order valence-electron chi connectivity index (χ1n) is 8.00. The fraction of sp³-hybridized carbons (Fsp3) is 0.412. The monoisotopic (exact) mass is 312 g/mol. The normalized spacial score (nSPS) is 18.0. The number of hydrogen-bond donors (Lipinski definition) is 0. The van der Waals surface area contributed by atoms with Crippen LogP contribution in [0.15, 0.2) is 36.8 Å². The zero-order chi connectivity index (χ0) is 15.5. The van der Waals surface area contributed by atoms with Gasteiger partial charge in [0, 0.05) is 45.1 Å². The summed E-state index contributed by atoms with van der Waals surface area (Å²) >= 11 is 0. The van der Waals surface area contributed by atoms with Gasteiger partial charge in [0.1, 0.15) is 19.0 Å². The van der Waals surface area contributed by atoms with Gasteiger partial charge in [-0.25, -0.2) is 4.98 Å². The lowest BCUT2D eigenvalue weighted by molar-refractivity contribution is 0.171. The molecule has 0 amide bonds. The van der Waals surface area contributed by atoms with Gasteiger partial charge in [-0.3, -0.25) is 9.88 Å². The average molecular weight is 312 g/mol. The molecule has 1 aromatic carbocycles. The van der Waals surface area contributed by atoms with Crippen molar-refractivity contribution in [2.45, 2.75) is 6.54 Å². The lowest BCUT2D eigenvalue weighted by Crippen LogP contribution is -2.46. The predicted octanol–water partition coefficient (Wildman–Crippen LogP) is 1.57. The molecule has 3 heterocycles. The number of piperazine rings is 1.